The van der Waals surface area contributed by atoms with Crippen LogP contribution in [-0.4, -0.2) is 38.5 Å². The second-order valence-corrected chi connectivity index (χ2v) is 9.46. The topological polar surface area (TPSA) is 132 Å². The Morgan fingerprint density at radius 2 is 1.89 bits per heavy atom. The number of methoxy groups -OCH3 is 1. The molecule has 1 saturated carbocycles. The van der Waals surface area contributed by atoms with Gasteiger partial charge >= 0.3 is 5.97 Å². The van der Waals surface area contributed by atoms with E-state index in [0.717, 1.165) is 35.9 Å². The van der Waals surface area contributed by atoms with Crippen molar-refractivity contribution in [1.82, 2.24) is 19.7 Å². The summed E-state index contributed by atoms with van der Waals surface area (Å²) in [7, 11) is 1.43. The second-order valence-electron chi connectivity index (χ2n) is 9.46. The molecule has 0 saturated heterocycles. The van der Waals surface area contributed by atoms with E-state index in [1.54, 1.807) is 6.20 Å². The first-order valence-corrected chi connectivity index (χ1v) is 12.4. The van der Waals surface area contributed by atoms with Gasteiger partial charge in [-0.25, -0.2) is 14.4 Å². The number of hydrogen-bond donors (Lipinski definition) is 3. The van der Waals surface area contributed by atoms with Crippen LogP contribution in [0.5, 0.6) is 5.75 Å². The smallest absolute Gasteiger partial charge is 0.306 e. The number of aliphatic carboxylic acids is 1. The Balaban J connectivity index is 1.36. The number of nitrogens with zero attached hydrogens (tertiary/aromatic N) is 3. The minimum Gasteiger partial charge on any atom is -0.496 e. The van der Waals surface area contributed by atoms with Gasteiger partial charge in [0.2, 0.25) is 0 Å². The number of ether oxygens (including phenoxy) is 1. The molecule has 4 N–H and O–H groups in total. The van der Waals surface area contributed by atoms with Gasteiger partial charge in [-0.15, -0.1) is 0 Å². The van der Waals surface area contributed by atoms with Crippen molar-refractivity contribution in [3.63, 3.8) is 0 Å². The summed E-state index contributed by atoms with van der Waals surface area (Å²) in [4.78, 5) is 33.2. The number of benzene rings is 2. The van der Waals surface area contributed by atoms with Crippen molar-refractivity contribution in [2.24, 2.45) is 5.92 Å². The molecule has 10 heteroatoms. The summed E-state index contributed by atoms with van der Waals surface area (Å²) in [5.41, 5.74) is 9.49. The van der Waals surface area contributed by atoms with Crippen LogP contribution in [0.3, 0.4) is 0 Å². The molecule has 1 aliphatic rings. The molecule has 4 aromatic rings. The number of imidazole rings is 1. The first-order chi connectivity index (χ1) is 18.4. The molecule has 1 aliphatic carbocycles. The van der Waals surface area contributed by atoms with Crippen LogP contribution in [0.1, 0.15) is 53.3 Å². The molecular formula is C28H28FN5O4. The lowest BCUT2D eigenvalue weighted by Crippen LogP contribution is -2.23. The maximum Gasteiger partial charge on any atom is 0.306 e. The lowest BCUT2D eigenvalue weighted by Gasteiger charge is -2.25. The molecular weight excluding hydrogens is 489 g/mol. The van der Waals surface area contributed by atoms with Gasteiger partial charge in [0.05, 0.1) is 18.6 Å². The summed E-state index contributed by atoms with van der Waals surface area (Å²) in [6.45, 7) is 0.241. The van der Waals surface area contributed by atoms with Crippen molar-refractivity contribution in [1.29, 1.82) is 0 Å². The molecule has 0 bridgehead atoms. The van der Waals surface area contributed by atoms with Crippen LogP contribution in [-0.2, 0) is 11.3 Å². The Hall–Kier alpha value is -4.47. The number of fused-ring (bicyclic) bond motifs is 1. The van der Waals surface area contributed by atoms with Crippen LogP contribution in [0.15, 0.2) is 54.9 Å². The van der Waals surface area contributed by atoms with Crippen LogP contribution < -0.4 is 15.8 Å². The third-order valence-corrected chi connectivity index (χ3v) is 7.14. The van der Waals surface area contributed by atoms with Crippen LogP contribution in [0, 0.1) is 11.7 Å². The van der Waals surface area contributed by atoms with Crippen molar-refractivity contribution in [2.45, 2.75) is 38.1 Å². The van der Waals surface area contributed by atoms with Gasteiger partial charge in [-0.2, -0.15) is 0 Å². The summed E-state index contributed by atoms with van der Waals surface area (Å²) >= 11 is 0. The zero-order valence-electron chi connectivity index (χ0n) is 20.9. The molecule has 2 heterocycles. The van der Waals surface area contributed by atoms with Gasteiger partial charge in [-0.1, -0.05) is 24.3 Å². The lowest BCUT2D eigenvalue weighted by atomic mass is 9.81. The number of carbonyl (C=O) groups excluding carboxylic acids is 1. The largest absolute Gasteiger partial charge is 0.496 e. The fourth-order valence-electron chi connectivity index (χ4n) is 5.09. The maximum absolute atomic E-state index is 13.6. The van der Waals surface area contributed by atoms with Crippen LogP contribution >= 0.6 is 0 Å². The Labute approximate surface area is 218 Å². The third-order valence-electron chi connectivity index (χ3n) is 7.14. The molecule has 196 valence electrons. The highest BCUT2D eigenvalue weighted by Crippen LogP contribution is 2.38. The standard InChI is InChI=1S/C28H28FN5O4/c1-38-22-11-10-20(29)14-21(22)27(35)32-15-16-2-4-17(5-3-16)23-24-25(30)31-12-13-34(24)26(33-23)18-6-8-19(9-7-18)28(36)37/h2-5,10-14,18-19H,6-9,15H2,1H3,(H2,30,31)(H,32,35)(H,36,37)/t18-,19-. The van der Waals surface area contributed by atoms with E-state index in [0.29, 0.717) is 35.6 Å². The third kappa shape index (κ3) is 4.89. The lowest BCUT2D eigenvalue weighted by molar-refractivity contribution is -0.142. The minimum absolute atomic E-state index is 0.126. The van der Waals surface area contributed by atoms with E-state index >= 15 is 0 Å². The molecule has 0 spiro atoms. The van der Waals surface area contributed by atoms with Gasteiger partial charge in [0.25, 0.3) is 5.91 Å². The summed E-state index contributed by atoms with van der Waals surface area (Å²) in [5, 5.41) is 12.1. The normalized spacial score (nSPS) is 17.3. The number of carboxylic acid groups (broad SMARTS) is 1. The van der Waals surface area contributed by atoms with Gasteiger partial charge in [0.15, 0.2) is 0 Å². The van der Waals surface area contributed by atoms with E-state index in [1.807, 2.05) is 34.9 Å². The molecule has 0 atom stereocenters. The first-order valence-electron chi connectivity index (χ1n) is 12.4. The van der Waals surface area contributed by atoms with Crippen molar-refractivity contribution in [3.8, 4) is 17.0 Å². The zero-order valence-corrected chi connectivity index (χ0v) is 20.9. The SMILES string of the molecule is COc1ccc(F)cc1C(=O)NCc1ccc(-c2nc([C@H]3CC[C@H](C(=O)O)CC3)n3ccnc(N)c23)cc1. The number of anilines is 1. The summed E-state index contributed by atoms with van der Waals surface area (Å²) in [5.74, 6) is -0.362. The van der Waals surface area contributed by atoms with Gasteiger partial charge in [0.1, 0.15) is 34.4 Å². The number of nitrogens with one attached hydrogen (secondary N) is 1. The van der Waals surface area contributed by atoms with Gasteiger partial charge < -0.3 is 20.9 Å². The minimum atomic E-state index is -0.739. The van der Waals surface area contributed by atoms with Crippen LogP contribution in [0.4, 0.5) is 10.2 Å². The molecule has 0 aliphatic heterocycles. The molecule has 1 fully saturated rings. The Morgan fingerprint density at radius 3 is 2.58 bits per heavy atom. The Bertz CT molecular complexity index is 1490. The number of nitrogens with two attached hydrogens (primary N) is 1. The molecule has 0 radical (unpaired) electrons. The summed E-state index contributed by atoms with van der Waals surface area (Å²) < 4.78 is 20.8. The molecule has 5 rings (SSSR count). The number of carbonyl (C=O) groups is 2. The van der Waals surface area contributed by atoms with Gasteiger partial charge in [-0.3, -0.25) is 14.0 Å². The predicted molar refractivity (Wildman–Crippen MR) is 139 cm³/mol. The molecule has 9 nitrogen and oxygen atoms in total. The average molecular weight is 518 g/mol. The highest BCUT2D eigenvalue weighted by Gasteiger charge is 2.30. The summed E-state index contributed by atoms with van der Waals surface area (Å²) in [6, 6.07) is 11.4. The monoisotopic (exact) mass is 517 g/mol. The van der Waals surface area contributed by atoms with Crippen molar-refractivity contribution < 1.29 is 23.8 Å². The predicted octanol–water partition coefficient (Wildman–Crippen LogP) is 4.41. The van der Waals surface area contributed by atoms with Crippen molar-refractivity contribution >= 4 is 23.2 Å². The Morgan fingerprint density at radius 1 is 1.16 bits per heavy atom. The van der Waals surface area contributed by atoms with Crippen LogP contribution in [0.25, 0.3) is 16.8 Å². The molecule has 0 unspecified atom stereocenters. The van der Waals surface area contributed by atoms with Gasteiger partial charge in [0, 0.05) is 30.4 Å². The molecule has 38 heavy (non-hydrogen) atoms. The van der Waals surface area contributed by atoms with Crippen molar-refractivity contribution in [2.75, 3.05) is 12.8 Å². The van der Waals surface area contributed by atoms with Crippen LogP contribution in [0.2, 0.25) is 0 Å². The summed E-state index contributed by atoms with van der Waals surface area (Å²) in [6.07, 6.45) is 6.20. The number of carboxylic acids is 1. The van der Waals surface area contributed by atoms with Gasteiger partial charge in [-0.05, 0) is 49.4 Å². The number of hydrogen-bond acceptors (Lipinski definition) is 6. The molecule has 2 aromatic heterocycles. The number of nitrogen functional groups attached to an aromatic ring is 1. The van der Waals surface area contributed by atoms with E-state index < -0.39 is 17.7 Å². The highest BCUT2D eigenvalue weighted by atomic mass is 19.1. The quantitative estimate of drug-likeness (QED) is 0.331. The molecule has 2 aromatic carbocycles. The second kappa shape index (κ2) is 10.5. The van der Waals surface area contributed by atoms with E-state index in [9.17, 15) is 19.1 Å². The fraction of sp³-hybridized carbons (Fsp3) is 0.286. The van der Waals surface area contributed by atoms with E-state index in [2.05, 4.69) is 10.3 Å². The average Bonchev–Trinajstić information content (AvgIpc) is 3.33. The molecule has 1 amide bonds. The number of amides is 1. The number of aromatic nitrogens is 3. The zero-order chi connectivity index (χ0) is 26.8. The number of halogens is 1. The van der Waals surface area contributed by atoms with E-state index in [-0.39, 0.29) is 23.9 Å². The van der Waals surface area contributed by atoms with E-state index in [1.165, 1.54) is 19.2 Å². The Kier molecular flexibility index (Phi) is 6.95. The van der Waals surface area contributed by atoms with E-state index in [4.69, 9.17) is 15.5 Å². The number of rotatable bonds is 7. The maximum atomic E-state index is 13.6. The first kappa shape index (κ1) is 25.2. The van der Waals surface area contributed by atoms with Crippen molar-refractivity contribution in [3.05, 3.63) is 77.6 Å². The highest BCUT2D eigenvalue weighted by molar-refractivity contribution is 5.97. The fourth-order valence-corrected chi connectivity index (χ4v) is 5.09.